The van der Waals surface area contributed by atoms with E-state index in [2.05, 4.69) is 10.3 Å². The van der Waals surface area contributed by atoms with E-state index in [4.69, 9.17) is 9.47 Å². The van der Waals surface area contributed by atoms with Gasteiger partial charge in [0.15, 0.2) is 0 Å². The summed E-state index contributed by atoms with van der Waals surface area (Å²) in [7, 11) is 3.06. The van der Waals surface area contributed by atoms with E-state index in [9.17, 15) is 4.79 Å². The summed E-state index contributed by atoms with van der Waals surface area (Å²) in [6.07, 6.45) is 4.41. The van der Waals surface area contributed by atoms with Gasteiger partial charge < -0.3 is 19.2 Å². The lowest BCUT2D eigenvalue weighted by Crippen LogP contribution is -2.27. The lowest BCUT2D eigenvalue weighted by Gasteiger charge is -2.12. The Morgan fingerprint density at radius 3 is 2.58 bits per heavy atom. The fourth-order valence-corrected chi connectivity index (χ4v) is 2.64. The van der Waals surface area contributed by atoms with Gasteiger partial charge in [0.1, 0.15) is 22.9 Å². The molecule has 0 saturated carbocycles. The number of aromatic nitrogens is 2. The van der Waals surface area contributed by atoms with Crippen molar-refractivity contribution in [3.8, 4) is 11.5 Å². The zero-order valence-corrected chi connectivity index (χ0v) is 13.7. The van der Waals surface area contributed by atoms with Gasteiger partial charge in [-0.3, -0.25) is 4.79 Å². The summed E-state index contributed by atoms with van der Waals surface area (Å²) in [5.41, 5.74) is 1.43. The fraction of sp³-hybridized carbons (Fsp3) is 0.222. The molecule has 2 aromatic heterocycles. The number of ether oxygens (including phenoxy) is 2. The molecule has 6 nitrogen and oxygen atoms in total. The second-order valence-electron chi connectivity index (χ2n) is 5.21. The quantitative estimate of drug-likeness (QED) is 0.755. The maximum atomic E-state index is 12.5. The average molecular weight is 325 g/mol. The van der Waals surface area contributed by atoms with E-state index in [0.29, 0.717) is 30.0 Å². The molecule has 0 atom stereocenters. The fourth-order valence-electron chi connectivity index (χ4n) is 2.64. The van der Waals surface area contributed by atoms with Crippen LogP contribution in [-0.2, 0) is 6.42 Å². The number of carbonyl (C=O) groups excluding carboxylic acids is 1. The minimum atomic E-state index is -0.231. The van der Waals surface area contributed by atoms with Gasteiger partial charge in [-0.15, -0.1) is 0 Å². The molecule has 0 spiro atoms. The normalized spacial score (nSPS) is 10.6. The van der Waals surface area contributed by atoms with Crippen LogP contribution in [0, 0.1) is 0 Å². The van der Waals surface area contributed by atoms with Gasteiger partial charge in [-0.25, -0.2) is 4.98 Å². The highest BCUT2D eigenvalue weighted by Crippen LogP contribution is 2.27. The molecular weight excluding hydrogens is 306 g/mol. The Bertz CT molecular complexity index is 835. The molecule has 6 heteroatoms. The van der Waals surface area contributed by atoms with Crippen molar-refractivity contribution in [1.29, 1.82) is 0 Å². The lowest BCUT2D eigenvalue weighted by molar-refractivity contribution is 0.0947. The van der Waals surface area contributed by atoms with Crippen LogP contribution in [0.15, 0.2) is 48.8 Å². The molecule has 124 valence electrons. The Hall–Kier alpha value is -3.02. The number of rotatable bonds is 6. The first kappa shape index (κ1) is 15.9. The third-order valence-corrected chi connectivity index (χ3v) is 3.80. The van der Waals surface area contributed by atoms with Gasteiger partial charge >= 0.3 is 0 Å². The molecule has 2 heterocycles. The summed E-state index contributed by atoms with van der Waals surface area (Å²) in [5.74, 6) is 1.64. The smallest absolute Gasteiger partial charge is 0.258 e. The maximum Gasteiger partial charge on any atom is 0.258 e. The number of nitrogens with one attached hydrogen (secondary N) is 1. The van der Waals surface area contributed by atoms with E-state index in [0.717, 1.165) is 11.3 Å². The zero-order valence-electron chi connectivity index (χ0n) is 13.7. The second kappa shape index (κ2) is 7.04. The van der Waals surface area contributed by atoms with E-state index in [1.807, 2.05) is 35.0 Å². The van der Waals surface area contributed by atoms with Crippen molar-refractivity contribution in [2.45, 2.75) is 6.42 Å². The van der Waals surface area contributed by atoms with Crippen molar-refractivity contribution in [2.24, 2.45) is 0 Å². The summed E-state index contributed by atoms with van der Waals surface area (Å²) in [4.78, 5) is 16.9. The van der Waals surface area contributed by atoms with Gasteiger partial charge in [0, 0.05) is 19.2 Å². The van der Waals surface area contributed by atoms with Crippen LogP contribution in [0.5, 0.6) is 11.5 Å². The first-order valence-electron chi connectivity index (χ1n) is 7.64. The van der Waals surface area contributed by atoms with Crippen molar-refractivity contribution < 1.29 is 14.3 Å². The summed E-state index contributed by atoms with van der Waals surface area (Å²) in [5, 5.41) is 2.90. The van der Waals surface area contributed by atoms with Gasteiger partial charge in [0.25, 0.3) is 5.91 Å². The Balaban J connectivity index is 1.70. The van der Waals surface area contributed by atoms with Crippen LogP contribution < -0.4 is 14.8 Å². The van der Waals surface area contributed by atoms with Crippen LogP contribution in [0.1, 0.15) is 16.2 Å². The predicted octanol–water partition coefficient (Wildman–Crippen LogP) is 2.32. The van der Waals surface area contributed by atoms with Gasteiger partial charge in [0.2, 0.25) is 0 Å². The first-order valence-corrected chi connectivity index (χ1v) is 7.64. The van der Waals surface area contributed by atoms with Crippen LogP contribution in [0.4, 0.5) is 0 Å². The third kappa shape index (κ3) is 3.03. The molecule has 0 bridgehead atoms. The van der Waals surface area contributed by atoms with E-state index in [1.165, 1.54) is 14.2 Å². The van der Waals surface area contributed by atoms with Crippen LogP contribution in [0.3, 0.4) is 0 Å². The Labute approximate surface area is 140 Å². The van der Waals surface area contributed by atoms with Crippen molar-refractivity contribution in [3.63, 3.8) is 0 Å². The molecule has 1 N–H and O–H groups in total. The van der Waals surface area contributed by atoms with Crippen molar-refractivity contribution in [1.82, 2.24) is 14.7 Å². The van der Waals surface area contributed by atoms with Crippen molar-refractivity contribution >= 4 is 11.4 Å². The Kier molecular flexibility index (Phi) is 4.65. The number of imidazole rings is 1. The van der Waals surface area contributed by atoms with E-state index < -0.39 is 0 Å². The third-order valence-electron chi connectivity index (χ3n) is 3.80. The minimum Gasteiger partial charge on any atom is -0.496 e. The van der Waals surface area contributed by atoms with Crippen LogP contribution in [-0.4, -0.2) is 36.1 Å². The molecule has 0 unspecified atom stereocenters. The standard InChI is InChI=1S/C18H19N3O3/c1-23-14-7-5-8-15(24-2)17(14)18(22)19-10-9-16-20-12-13-6-3-4-11-21(13)16/h3-8,11-12H,9-10H2,1-2H3,(H,19,22). The number of carbonyl (C=O) groups is 1. The summed E-state index contributed by atoms with van der Waals surface area (Å²) < 4.78 is 12.5. The molecule has 3 rings (SSSR count). The van der Waals surface area contributed by atoms with E-state index >= 15 is 0 Å². The van der Waals surface area contributed by atoms with Crippen LogP contribution in [0.25, 0.3) is 5.52 Å². The van der Waals surface area contributed by atoms with Crippen molar-refractivity contribution in [2.75, 3.05) is 20.8 Å². The highest BCUT2D eigenvalue weighted by molar-refractivity contribution is 5.99. The summed E-state index contributed by atoms with van der Waals surface area (Å²) in [6.45, 7) is 0.466. The molecule has 1 amide bonds. The molecule has 0 aliphatic carbocycles. The van der Waals surface area contributed by atoms with Gasteiger partial charge in [-0.05, 0) is 24.3 Å². The number of nitrogens with zero attached hydrogens (tertiary/aromatic N) is 2. The molecule has 1 aromatic carbocycles. The number of methoxy groups -OCH3 is 2. The molecule has 24 heavy (non-hydrogen) atoms. The molecular formula is C18H19N3O3. The number of amides is 1. The molecule has 3 aromatic rings. The Morgan fingerprint density at radius 1 is 1.12 bits per heavy atom. The summed E-state index contributed by atoms with van der Waals surface area (Å²) >= 11 is 0. The minimum absolute atomic E-state index is 0.231. The van der Waals surface area contributed by atoms with Gasteiger partial charge in [-0.1, -0.05) is 12.1 Å². The number of benzene rings is 1. The van der Waals surface area contributed by atoms with Gasteiger partial charge in [-0.2, -0.15) is 0 Å². The topological polar surface area (TPSA) is 64.9 Å². The highest BCUT2D eigenvalue weighted by Gasteiger charge is 2.17. The SMILES string of the molecule is COc1cccc(OC)c1C(=O)NCCc1ncc2ccccn12. The Morgan fingerprint density at radius 2 is 1.88 bits per heavy atom. The van der Waals surface area contributed by atoms with Gasteiger partial charge in [0.05, 0.1) is 25.9 Å². The first-order chi connectivity index (χ1) is 11.7. The number of hydrogen-bond acceptors (Lipinski definition) is 4. The average Bonchev–Trinajstić information content (AvgIpc) is 3.04. The van der Waals surface area contributed by atoms with Crippen LogP contribution in [0.2, 0.25) is 0 Å². The molecule has 0 radical (unpaired) electrons. The molecule has 0 fully saturated rings. The number of hydrogen-bond donors (Lipinski definition) is 1. The zero-order chi connectivity index (χ0) is 16.9. The predicted molar refractivity (Wildman–Crippen MR) is 90.8 cm³/mol. The molecule has 0 saturated heterocycles. The van der Waals surface area contributed by atoms with E-state index in [-0.39, 0.29) is 5.91 Å². The lowest BCUT2D eigenvalue weighted by atomic mass is 10.1. The number of fused-ring (bicyclic) bond motifs is 1. The summed E-state index contributed by atoms with van der Waals surface area (Å²) in [6, 6.07) is 11.2. The number of pyridine rings is 1. The molecule has 0 aliphatic heterocycles. The maximum absolute atomic E-state index is 12.5. The molecule has 0 aliphatic rings. The second-order valence-corrected chi connectivity index (χ2v) is 5.21. The monoisotopic (exact) mass is 325 g/mol. The highest BCUT2D eigenvalue weighted by atomic mass is 16.5. The van der Waals surface area contributed by atoms with E-state index in [1.54, 1.807) is 18.2 Å². The van der Waals surface area contributed by atoms with Crippen LogP contribution >= 0.6 is 0 Å². The largest absolute Gasteiger partial charge is 0.496 e. The van der Waals surface area contributed by atoms with Crippen molar-refractivity contribution in [3.05, 3.63) is 60.2 Å².